The molecule has 0 spiro atoms. The van der Waals surface area contributed by atoms with E-state index in [2.05, 4.69) is 33.9 Å². The van der Waals surface area contributed by atoms with Crippen molar-refractivity contribution in [2.75, 3.05) is 6.61 Å². The number of rotatable bonds is 3. The second kappa shape index (κ2) is 4.99. The SMILES string of the molecule is CC1(C)O[C@H]2[C@H](CO[Si](C)(C)C(C)(C)C)O[C@](N)(O)[C@H]2O1. The molecule has 0 aromatic carbocycles. The fraction of sp³-hybridized carbons (Fsp3) is 1.00. The van der Waals surface area contributed by atoms with Gasteiger partial charge in [-0.25, -0.2) is 0 Å². The maximum Gasteiger partial charge on any atom is 0.253 e. The molecule has 2 heterocycles. The molecule has 0 aliphatic carbocycles. The summed E-state index contributed by atoms with van der Waals surface area (Å²) < 4.78 is 23.1. The van der Waals surface area contributed by atoms with Crippen LogP contribution in [0.3, 0.4) is 0 Å². The third kappa shape index (κ3) is 3.34. The monoisotopic (exact) mass is 319 g/mol. The zero-order valence-corrected chi connectivity index (χ0v) is 15.1. The van der Waals surface area contributed by atoms with Crippen molar-refractivity contribution >= 4 is 8.32 Å². The first-order valence-corrected chi connectivity index (χ1v) is 10.3. The molecule has 0 aromatic heterocycles. The lowest BCUT2D eigenvalue weighted by Gasteiger charge is -2.37. The smallest absolute Gasteiger partial charge is 0.253 e. The number of fused-ring (bicyclic) bond motifs is 1. The Labute approximate surface area is 128 Å². The molecule has 21 heavy (non-hydrogen) atoms. The minimum absolute atomic E-state index is 0.107. The molecular weight excluding hydrogens is 290 g/mol. The number of hydrogen-bond donors (Lipinski definition) is 2. The van der Waals surface area contributed by atoms with Gasteiger partial charge in [-0.2, -0.15) is 0 Å². The normalized spacial score (nSPS) is 39.6. The maximum absolute atomic E-state index is 10.2. The van der Waals surface area contributed by atoms with Crippen molar-refractivity contribution in [2.24, 2.45) is 5.73 Å². The van der Waals surface area contributed by atoms with Gasteiger partial charge in [-0.3, -0.25) is 5.73 Å². The van der Waals surface area contributed by atoms with Gasteiger partial charge in [0, 0.05) is 0 Å². The predicted molar refractivity (Wildman–Crippen MR) is 81.0 cm³/mol. The van der Waals surface area contributed by atoms with Gasteiger partial charge in [0.05, 0.1) is 6.61 Å². The zero-order chi connectivity index (χ0) is 16.3. The Kier molecular flexibility index (Phi) is 4.12. The highest BCUT2D eigenvalue weighted by atomic mass is 28.4. The summed E-state index contributed by atoms with van der Waals surface area (Å²) in [5.41, 5.74) is 5.78. The van der Waals surface area contributed by atoms with E-state index in [9.17, 15) is 5.11 Å². The minimum atomic E-state index is -1.90. The summed E-state index contributed by atoms with van der Waals surface area (Å²) in [7, 11) is -1.90. The summed E-state index contributed by atoms with van der Waals surface area (Å²) in [6.07, 6.45) is -1.54. The molecule has 124 valence electrons. The van der Waals surface area contributed by atoms with Crippen LogP contribution in [0, 0.1) is 0 Å². The van der Waals surface area contributed by atoms with Crippen molar-refractivity contribution in [3.8, 4) is 0 Å². The van der Waals surface area contributed by atoms with E-state index in [1.807, 2.05) is 0 Å². The summed E-state index contributed by atoms with van der Waals surface area (Å²) in [4.78, 5) is 0. The molecule has 0 radical (unpaired) electrons. The van der Waals surface area contributed by atoms with Crippen molar-refractivity contribution in [1.29, 1.82) is 0 Å². The molecule has 6 nitrogen and oxygen atoms in total. The quantitative estimate of drug-likeness (QED) is 0.606. The van der Waals surface area contributed by atoms with Crippen LogP contribution in [-0.2, 0) is 18.6 Å². The van der Waals surface area contributed by atoms with E-state index in [0.29, 0.717) is 6.61 Å². The second-order valence-corrected chi connectivity index (χ2v) is 12.8. The predicted octanol–water partition coefficient (Wildman–Crippen LogP) is 1.53. The minimum Gasteiger partial charge on any atom is -0.414 e. The fourth-order valence-corrected chi connectivity index (χ4v) is 3.41. The molecule has 0 bridgehead atoms. The van der Waals surface area contributed by atoms with Crippen LogP contribution in [-0.4, -0.2) is 50.0 Å². The number of ether oxygens (including phenoxy) is 3. The Bertz CT molecular complexity index is 405. The first kappa shape index (κ1) is 17.3. The van der Waals surface area contributed by atoms with Crippen molar-refractivity contribution in [1.82, 2.24) is 0 Å². The lowest BCUT2D eigenvalue weighted by atomic mass is 10.1. The van der Waals surface area contributed by atoms with Gasteiger partial charge < -0.3 is 23.7 Å². The Morgan fingerprint density at radius 2 is 1.76 bits per heavy atom. The molecule has 2 aliphatic rings. The first-order valence-electron chi connectivity index (χ1n) is 7.44. The summed E-state index contributed by atoms with van der Waals surface area (Å²) in [5, 5.41) is 10.3. The average Bonchev–Trinajstić information content (AvgIpc) is 2.69. The van der Waals surface area contributed by atoms with Crippen LogP contribution in [0.15, 0.2) is 0 Å². The van der Waals surface area contributed by atoms with Gasteiger partial charge in [0.2, 0.25) is 0 Å². The molecule has 0 amide bonds. The van der Waals surface area contributed by atoms with E-state index in [0.717, 1.165) is 0 Å². The van der Waals surface area contributed by atoms with Crippen LogP contribution in [0.2, 0.25) is 18.1 Å². The van der Waals surface area contributed by atoms with E-state index in [1.54, 1.807) is 13.8 Å². The van der Waals surface area contributed by atoms with Crippen LogP contribution in [0.5, 0.6) is 0 Å². The highest BCUT2D eigenvalue weighted by Crippen LogP contribution is 2.42. The average molecular weight is 319 g/mol. The van der Waals surface area contributed by atoms with E-state index < -0.39 is 38.3 Å². The Balaban J connectivity index is 2.05. The Hall–Kier alpha value is -0.0231. The van der Waals surface area contributed by atoms with Crippen LogP contribution in [0.25, 0.3) is 0 Å². The molecule has 4 atom stereocenters. The highest BCUT2D eigenvalue weighted by Gasteiger charge is 2.61. The molecule has 0 aromatic rings. The molecule has 7 heteroatoms. The molecule has 0 unspecified atom stereocenters. The van der Waals surface area contributed by atoms with E-state index in [-0.39, 0.29) is 5.04 Å². The van der Waals surface area contributed by atoms with Gasteiger partial charge in [-0.1, -0.05) is 20.8 Å². The van der Waals surface area contributed by atoms with E-state index >= 15 is 0 Å². The standard InChI is InChI=1S/C14H29NO5Si/c1-12(2,3)21(6,7)17-8-9-10-11(14(15,16)18-9)20-13(4,5)19-10/h9-11,16H,8,15H2,1-7H3/t9-,10-,11-,14+/m0/s1. The summed E-state index contributed by atoms with van der Waals surface area (Å²) in [5.74, 6) is -2.61. The molecule has 0 saturated carbocycles. The lowest BCUT2D eigenvalue weighted by Crippen LogP contribution is -2.51. The Morgan fingerprint density at radius 3 is 2.29 bits per heavy atom. The first-order chi connectivity index (χ1) is 9.25. The van der Waals surface area contributed by atoms with Crippen LogP contribution in [0.4, 0.5) is 0 Å². The summed E-state index contributed by atoms with van der Waals surface area (Å²) in [6, 6.07) is 0. The lowest BCUT2D eigenvalue weighted by molar-refractivity contribution is -0.273. The van der Waals surface area contributed by atoms with Crippen molar-refractivity contribution < 1.29 is 23.7 Å². The Morgan fingerprint density at radius 1 is 1.19 bits per heavy atom. The van der Waals surface area contributed by atoms with Gasteiger partial charge in [0.1, 0.15) is 12.2 Å². The maximum atomic E-state index is 10.2. The van der Waals surface area contributed by atoms with Gasteiger partial charge in [-0.05, 0) is 32.0 Å². The highest BCUT2D eigenvalue weighted by molar-refractivity contribution is 6.74. The van der Waals surface area contributed by atoms with Gasteiger partial charge in [0.25, 0.3) is 5.91 Å². The van der Waals surface area contributed by atoms with E-state index in [1.165, 1.54) is 0 Å². The molecular formula is C14H29NO5Si. The third-order valence-electron chi connectivity index (χ3n) is 4.66. The zero-order valence-electron chi connectivity index (χ0n) is 14.1. The second-order valence-electron chi connectivity index (χ2n) is 8.00. The number of hydrogen-bond acceptors (Lipinski definition) is 6. The third-order valence-corrected chi connectivity index (χ3v) is 9.16. The molecule has 2 saturated heterocycles. The number of nitrogens with two attached hydrogens (primary N) is 1. The topological polar surface area (TPSA) is 83.2 Å². The van der Waals surface area contributed by atoms with Crippen LogP contribution < -0.4 is 5.73 Å². The van der Waals surface area contributed by atoms with Crippen molar-refractivity contribution in [3.05, 3.63) is 0 Å². The van der Waals surface area contributed by atoms with Crippen LogP contribution in [0.1, 0.15) is 34.6 Å². The van der Waals surface area contributed by atoms with Crippen molar-refractivity contribution in [3.63, 3.8) is 0 Å². The summed E-state index contributed by atoms with van der Waals surface area (Å²) in [6.45, 7) is 14.8. The molecule has 3 N–H and O–H groups in total. The van der Waals surface area contributed by atoms with Crippen molar-refractivity contribution in [2.45, 2.75) is 82.8 Å². The van der Waals surface area contributed by atoms with Gasteiger partial charge >= 0.3 is 0 Å². The fourth-order valence-electron chi connectivity index (χ4n) is 2.39. The summed E-state index contributed by atoms with van der Waals surface area (Å²) >= 11 is 0. The number of aliphatic hydroxyl groups is 1. The van der Waals surface area contributed by atoms with E-state index in [4.69, 9.17) is 24.4 Å². The van der Waals surface area contributed by atoms with Crippen LogP contribution >= 0.6 is 0 Å². The largest absolute Gasteiger partial charge is 0.414 e. The molecule has 2 fully saturated rings. The van der Waals surface area contributed by atoms with Gasteiger partial charge in [-0.15, -0.1) is 0 Å². The molecule has 2 rings (SSSR count). The molecule has 2 aliphatic heterocycles. The van der Waals surface area contributed by atoms with Gasteiger partial charge in [0.15, 0.2) is 20.2 Å².